The highest BCUT2D eigenvalue weighted by atomic mass is 32.2. The highest BCUT2D eigenvalue weighted by molar-refractivity contribution is 8.00. The molecule has 0 bridgehead atoms. The van der Waals surface area contributed by atoms with E-state index in [4.69, 9.17) is 9.72 Å². The fourth-order valence-electron chi connectivity index (χ4n) is 3.18. The van der Waals surface area contributed by atoms with Crippen molar-refractivity contribution in [2.45, 2.75) is 5.03 Å². The van der Waals surface area contributed by atoms with Gasteiger partial charge in [-0.25, -0.2) is 15.0 Å². The lowest BCUT2D eigenvalue weighted by molar-refractivity contribution is 0.102. The SMILES string of the molecule is COc1ccc(C(=O)CSc2ncnc3c2sc2nc4ccccc4cc23)cc1. The van der Waals surface area contributed by atoms with E-state index in [1.54, 1.807) is 49.0 Å². The van der Waals surface area contributed by atoms with Crippen LogP contribution in [0.3, 0.4) is 0 Å². The molecule has 5 rings (SSSR count). The number of carbonyl (C=O) groups is 1. The van der Waals surface area contributed by atoms with Crippen molar-refractivity contribution in [2.75, 3.05) is 12.9 Å². The summed E-state index contributed by atoms with van der Waals surface area (Å²) in [5.74, 6) is 1.09. The van der Waals surface area contributed by atoms with Gasteiger partial charge in [0, 0.05) is 16.3 Å². The standard InChI is InChI=1S/C22H15N3O2S2/c1-27-15-8-6-13(7-9-15)18(26)11-28-22-20-19(23-12-24-22)16-10-14-4-2-3-5-17(14)25-21(16)29-20/h2-10,12H,11H2,1H3. The molecule has 0 saturated heterocycles. The van der Waals surface area contributed by atoms with Crippen molar-refractivity contribution in [3.05, 3.63) is 66.5 Å². The second-order valence-electron chi connectivity index (χ2n) is 6.43. The van der Waals surface area contributed by atoms with Gasteiger partial charge in [0.15, 0.2) is 5.78 Å². The van der Waals surface area contributed by atoms with Crippen molar-refractivity contribution < 1.29 is 9.53 Å². The number of para-hydroxylation sites is 1. The normalized spacial score (nSPS) is 11.3. The molecule has 0 amide bonds. The topological polar surface area (TPSA) is 65.0 Å². The van der Waals surface area contributed by atoms with Crippen LogP contribution in [0.1, 0.15) is 10.4 Å². The summed E-state index contributed by atoms with van der Waals surface area (Å²) in [5, 5.41) is 2.92. The average molecular weight is 418 g/mol. The van der Waals surface area contributed by atoms with Gasteiger partial charge in [-0.3, -0.25) is 4.79 Å². The summed E-state index contributed by atoms with van der Waals surface area (Å²) in [4.78, 5) is 27.2. The summed E-state index contributed by atoms with van der Waals surface area (Å²) in [6.07, 6.45) is 1.56. The van der Waals surface area contributed by atoms with Crippen LogP contribution >= 0.6 is 23.1 Å². The predicted octanol–water partition coefficient (Wildman–Crippen LogP) is 5.38. The predicted molar refractivity (Wildman–Crippen MR) is 118 cm³/mol. The molecule has 5 nitrogen and oxygen atoms in total. The number of fused-ring (bicyclic) bond motifs is 4. The molecule has 7 heteroatoms. The molecule has 3 aromatic heterocycles. The number of hydrogen-bond acceptors (Lipinski definition) is 7. The van der Waals surface area contributed by atoms with Crippen LogP contribution in [-0.2, 0) is 0 Å². The van der Waals surface area contributed by atoms with Crippen molar-refractivity contribution in [2.24, 2.45) is 0 Å². The molecule has 3 heterocycles. The molecule has 142 valence electrons. The van der Waals surface area contributed by atoms with Gasteiger partial charge in [-0.2, -0.15) is 0 Å². The van der Waals surface area contributed by atoms with E-state index in [0.29, 0.717) is 11.3 Å². The smallest absolute Gasteiger partial charge is 0.173 e. The highest BCUT2D eigenvalue weighted by Crippen LogP contribution is 2.37. The van der Waals surface area contributed by atoms with E-state index in [1.165, 1.54) is 11.8 Å². The maximum Gasteiger partial charge on any atom is 0.173 e. The van der Waals surface area contributed by atoms with Crippen molar-refractivity contribution in [3.8, 4) is 5.75 Å². The molecule has 0 spiro atoms. The summed E-state index contributed by atoms with van der Waals surface area (Å²) >= 11 is 3.00. The zero-order chi connectivity index (χ0) is 19.8. The van der Waals surface area contributed by atoms with Gasteiger partial charge in [0.05, 0.1) is 28.6 Å². The molecule has 2 aromatic carbocycles. The summed E-state index contributed by atoms with van der Waals surface area (Å²) in [6, 6.07) is 17.3. The third kappa shape index (κ3) is 3.32. The summed E-state index contributed by atoms with van der Waals surface area (Å²) in [7, 11) is 1.61. The summed E-state index contributed by atoms with van der Waals surface area (Å²) < 4.78 is 6.12. The Hall–Kier alpha value is -3.03. The molecule has 0 N–H and O–H groups in total. The van der Waals surface area contributed by atoms with Crippen LogP contribution in [0.15, 0.2) is 66.0 Å². The molecule has 0 fully saturated rings. The monoisotopic (exact) mass is 417 g/mol. The number of thioether (sulfide) groups is 1. The number of nitrogens with zero attached hydrogens (tertiary/aromatic N) is 3. The zero-order valence-corrected chi connectivity index (χ0v) is 17.1. The number of thiophene rings is 1. The van der Waals surface area contributed by atoms with Gasteiger partial charge < -0.3 is 4.74 Å². The Morgan fingerprint density at radius 3 is 2.76 bits per heavy atom. The number of pyridine rings is 1. The van der Waals surface area contributed by atoms with Gasteiger partial charge in [-0.1, -0.05) is 30.0 Å². The van der Waals surface area contributed by atoms with Crippen molar-refractivity contribution >= 4 is 60.2 Å². The van der Waals surface area contributed by atoms with E-state index >= 15 is 0 Å². The first kappa shape index (κ1) is 18.0. The second-order valence-corrected chi connectivity index (χ2v) is 8.40. The molecule has 0 atom stereocenters. The molecular weight excluding hydrogens is 402 g/mol. The number of ether oxygens (including phenoxy) is 1. The van der Waals surface area contributed by atoms with E-state index in [2.05, 4.69) is 22.1 Å². The molecule has 0 aliphatic carbocycles. The van der Waals surface area contributed by atoms with Crippen LogP contribution in [0.2, 0.25) is 0 Å². The number of ketones is 1. The number of hydrogen-bond donors (Lipinski definition) is 0. The number of rotatable bonds is 5. The number of methoxy groups -OCH3 is 1. The van der Waals surface area contributed by atoms with Crippen LogP contribution in [0, 0.1) is 0 Å². The van der Waals surface area contributed by atoms with Gasteiger partial charge in [-0.05, 0) is 36.4 Å². The largest absolute Gasteiger partial charge is 0.497 e. The van der Waals surface area contributed by atoms with Crippen LogP contribution in [0.5, 0.6) is 5.75 Å². The Kier molecular flexibility index (Phi) is 4.61. The third-order valence-electron chi connectivity index (χ3n) is 4.67. The number of benzene rings is 2. The Balaban J connectivity index is 1.48. The van der Waals surface area contributed by atoms with Crippen molar-refractivity contribution in [3.63, 3.8) is 0 Å². The van der Waals surface area contributed by atoms with Crippen molar-refractivity contribution in [1.82, 2.24) is 15.0 Å². The minimum absolute atomic E-state index is 0.0504. The molecule has 0 radical (unpaired) electrons. The zero-order valence-electron chi connectivity index (χ0n) is 15.5. The molecule has 0 unspecified atom stereocenters. The quantitative estimate of drug-likeness (QED) is 0.217. The lowest BCUT2D eigenvalue weighted by Crippen LogP contribution is -2.02. The van der Waals surface area contributed by atoms with Crippen LogP contribution in [-0.4, -0.2) is 33.6 Å². The average Bonchev–Trinajstić information content (AvgIpc) is 3.14. The number of carbonyl (C=O) groups excluding carboxylic acids is 1. The van der Waals surface area contributed by atoms with E-state index in [0.717, 1.165) is 42.1 Å². The number of aromatic nitrogens is 3. The summed E-state index contributed by atoms with van der Waals surface area (Å²) in [6.45, 7) is 0. The van der Waals surface area contributed by atoms with Gasteiger partial charge >= 0.3 is 0 Å². The molecule has 29 heavy (non-hydrogen) atoms. The molecule has 5 aromatic rings. The Morgan fingerprint density at radius 1 is 1.10 bits per heavy atom. The van der Waals surface area contributed by atoms with Gasteiger partial charge in [0.1, 0.15) is 21.9 Å². The Bertz CT molecular complexity index is 1360. The fraction of sp³-hybridized carbons (Fsp3) is 0.0909. The summed E-state index contributed by atoms with van der Waals surface area (Å²) in [5.41, 5.74) is 2.51. The molecule has 0 aliphatic rings. The van der Waals surface area contributed by atoms with E-state index in [9.17, 15) is 4.79 Å². The number of Topliss-reactive ketones (excluding diaryl/α,β-unsaturated/α-hetero) is 1. The minimum Gasteiger partial charge on any atom is -0.497 e. The second kappa shape index (κ2) is 7.42. The van der Waals surface area contributed by atoms with Crippen LogP contribution in [0.25, 0.3) is 31.3 Å². The maximum atomic E-state index is 12.6. The maximum absolute atomic E-state index is 12.6. The van der Waals surface area contributed by atoms with E-state index in [1.807, 2.05) is 18.2 Å². The van der Waals surface area contributed by atoms with Crippen molar-refractivity contribution in [1.29, 1.82) is 0 Å². The Labute approximate surface area is 174 Å². The molecule has 0 aliphatic heterocycles. The first-order valence-corrected chi connectivity index (χ1v) is 10.8. The fourth-order valence-corrected chi connectivity index (χ4v) is 5.27. The lowest BCUT2D eigenvalue weighted by Gasteiger charge is -2.03. The van der Waals surface area contributed by atoms with Crippen LogP contribution in [0.4, 0.5) is 0 Å². The first-order chi connectivity index (χ1) is 14.2. The minimum atomic E-state index is 0.0504. The van der Waals surface area contributed by atoms with Gasteiger partial charge in [0.2, 0.25) is 0 Å². The van der Waals surface area contributed by atoms with Gasteiger partial charge in [0.25, 0.3) is 0 Å². The van der Waals surface area contributed by atoms with Gasteiger partial charge in [-0.15, -0.1) is 11.3 Å². The molecular formula is C22H15N3O2S2. The van der Waals surface area contributed by atoms with Crippen LogP contribution < -0.4 is 4.74 Å². The molecule has 0 saturated carbocycles. The van der Waals surface area contributed by atoms with E-state index < -0.39 is 0 Å². The first-order valence-electron chi connectivity index (χ1n) is 8.96. The lowest BCUT2D eigenvalue weighted by atomic mass is 10.1. The Morgan fingerprint density at radius 2 is 1.93 bits per heavy atom. The highest BCUT2D eigenvalue weighted by Gasteiger charge is 2.15. The third-order valence-corrected chi connectivity index (χ3v) is 6.88. The van der Waals surface area contributed by atoms with E-state index in [-0.39, 0.29) is 5.78 Å².